The summed E-state index contributed by atoms with van der Waals surface area (Å²) >= 11 is 5.34. The molecule has 2 aromatic rings. The topological polar surface area (TPSA) is 80.9 Å². The maximum atomic E-state index is 12.7. The molecule has 2 atom stereocenters. The van der Waals surface area contributed by atoms with Crippen molar-refractivity contribution < 1.29 is 4.79 Å². The number of para-hydroxylation sites is 1. The summed E-state index contributed by atoms with van der Waals surface area (Å²) in [6.45, 7) is 0. The summed E-state index contributed by atoms with van der Waals surface area (Å²) in [5.41, 5.74) is 6.06. The first-order valence-electron chi connectivity index (χ1n) is 7.11. The molecule has 6 heteroatoms. The summed E-state index contributed by atoms with van der Waals surface area (Å²) in [5, 5.41) is 0.618. The molecular weight excluding hydrogens is 286 g/mol. The minimum Gasteiger partial charge on any atom is -0.369 e. The Morgan fingerprint density at radius 3 is 2.86 bits per heavy atom. The van der Waals surface area contributed by atoms with Gasteiger partial charge in [0, 0.05) is 12.0 Å². The Kier molecular flexibility index (Phi) is 3.63. The normalized spacial score (nSPS) is 22.3. The molecule has 1 aliphatic rings. The minimum absolute atomic E-state index is 0.0582. The predicted molar refractivity (Wildman–Crippen MR) is 83.6 cm³/mol. The first-order valence-corrected chi connectivity index (χ1v) is 7.51. The zero-order chi connectivity index (χ0) is 15.0. The fourth-order valence-electron chi connectivity index (χ4n) is 3.16. The fourth-order valence-corrected chi connectivity index (χ4v) is 3.51. The van der Waals surface area contributed by atoms with Crippen LogP contribution in [0, 0.1) is 10.7 Å². The summed E-state index contributed by atoms with van der Waals surface area (Å²) in [7, 11) is 0. The third-order valence-corrected chi connectivity index (χ3v) is 4.55. The van der Waals surface area contributed by atoms with Gasteiger partial charge in [-0.05, 0) is 43.6 Å². The van der Waals surface area contributed by atoms with Crippen LogP contribution in [0.4, 0.5) is 0 Å². The third-order valence-electron chi connectivity index (χ3n) is 4.25. The lowest BCUT2D eigenvalue weighted by atomic mass is 9.85. The molecule has 21 heavy (non-hydrogen) atoms. The van der Waals surface area contributed by atoms with Crippen molar-refractivity contribution in [3.05, 3.63) is 39.4 Å². The first kappa shape index (κ1) is 14.0. The number of amides is 1. The van der Waals surface area contributed by atoms with Gasteiger partial charge in [0.25, 0.3) is 5.56 Å². The van der Waals surface area contributed by atoms with Gasteiger partial charge in [-0.2, -0.15) is 0 Å². The lowest BCUT2D eigenvalue weighted by molar-refractivity contribution is -0.123. The Hall–Kier alpha value is -1.95. The Bertz CT molecular complexity index is 808. The maximum absolute atomic E-state index is 12.7. The molecule has 0 spiro atoms. The quantitative estimate of drug-likeness (QED) is 0.835. The molecule has 1 saturated carbocycles. The molecule has 5 nitrogen and oxygen atoms in total. The zero-order valence-electron chi connectivity index (χ0n) is 11.5. The van der Waals surface area contributed by atoms with Crippen LogP contribution in [0.25, 0.3) is 10.9 Å². The van der Waals surface area contributed by atoms with Gasteiger partial charge in [-0.3, -0.25) is 14.2 Å². The lowest BCUT2D eigenvalue weighted by Gasteiger charge is -2.28. The summed E-state index contributed by atoms with van der Waals surface area (Å²) < 4.78 is 2.03. The van der Waals surface area contributed by atoms with Crippen LogP contribution in [-0.2, 0) is 4.79 Å². The van der Waals surface area contributed by atoms with Crippen LogP contribution in [0.5, 0.6) is 0 Å². The molecular formula is C15H17N3O2S. The van der Waals surface area contributed by atoms with Gasteiger partial charge >= 0.3 is 0 Å². The van der Waals surface area contributed by atoms with Gasteiger partial charge < -0.3 is 10.7 Å². The molecule has 1 heterocycles. The molecule has 110 valence electrons. The molecule has 0 saturated heterocycles. The Morgan fingerprint density at radius 1 is 1.33 bits per heavy atom. The van der Waals surface area contributed by atoms with Crippen molar-refractivity contribution in [2.75, 3.05) is 0 Å². The van der Waals surface area contributed by atoms with Gasteiger partial charge in [-0.1, -0.05) is 18.6 Å². The van der Waals surface area contributed by atoms with Gasteiger partial charge in [0.15, 0.2) is 4.77 Å². The number of aromatic nitrogens is 2. The van der Waals surface area contributed by atoms with Crippen molar-refractivity contribution >= 4 is 29.0 Å². The number of aromatic amines is 1. The molecule has 3 N–H and O–H groups in total. The van der Waals surface area contributed by atoms with Gasteiger partial charge in [0.05, 0.1) is 10.9 Å². The van der Waals surface area contributed by atoms with Crippen LogP contribution in [0.15, 0.2) is 29.1 Å². The molecule has 1 fully saturated rings. The van der Waals surface area contributed by atoms with E-state index >= 15 is 0 Å². The predicted octanol–water partition coefficient (Wildman–Crippen LogP) is 2.28. The Morgan fingerprint density at radius 2 is 2.10 bits per heavy atom. The summed E-state index contributed by atoms with van der Waals surface area (Å²) in [5.74, 6) is -0.458. The van der Waals surface area contributed by atoms with E-state index in [0.29, 0.717) is 16.6 Å². The number of nitrogens with two attached hydrogens (primary N) is 1. The van der Waals surface area contributed by atoms with Crippen molar-refractivity contribution in [3.8, 4) is 0 Å². The molecule has 1 aliphatic carbocycles. The number of primary amides is 1. The van der Waals surface area contributed by atoms with E-state index < -0.39 is 0 Å². The van der Waals surface area contributed by atoms with Crippen LogP contribution in [-0.4, -0.2) is 15.5 Å². The van der Waals surface area contributed by atoms with Gasteiger partial charge in [0.1, 0.15) is 0 Å². The van der Waals surface area contributed by atoms with E-state index in [2.05, 4.69) is 4.98 Å². The number of benzene rings is 1. The summed E-state index contributed by atoms with van der Waals surface area (Å²) in [6.07, 6.45) is 3.11. The SMILES string of the molecule is NC(=O)[C@@H]1CCC[C@H](n2c(=S)[nH]c3ccccc3c2=O)C1. The number of fused-ring (bicyclic) bond motifs is 1. The van der Waals surface area contributed by atoms with Gasteiger partial charge in [0.2, 0.25) is 5.91 Å². The molecule has 1 aromatic heterocycles. The molecule has 0 radical (unpaired) electrons. The van der Waals surface area contributed by atoms with Crippen LogP contribution in [0.1, 0.15) is 31.7 Å². The summed E-state index contributed by atoms with van der Waals surface area (Å²) in [6, 6.07) is 7.26. The van der Waals surface area contributed by atoms with Crippen molar-refractivity contribution in [3.63, 3.8) is 0 Å². The number of carbonyl (C=O) groups is 1. The van der Waals surface area contributed by atoms with E-state index in [4.69, 9.17) is 18.0 Å². The lowest BCUT2D eigenvalue weighted by Crippen LogP contribution is -2.34. The molecule has 1 aromatic carbocycles. The average molecular weight is 303 g/mol. The minimum atomic E-state index is -0.288. The largest absolute Gasteiger partial charge is 0.369 e. The molecule has 3 rings (SSSR count). The highest BCUT2D eigenvalue weighted by atomic mass is 32.1. The molecule has 1 amide bonds. The number of hydrogen-bond donors (Lipinski definition) is 2. The number of H-pyrrole nitrogens is 1. The van der Waals surface area contributed by atoms with E-state index in [-0.39, 0.29) is 23.4 Å². The Labute approximate surface area is 126 Å². The van der Waals surface area contributed by atoms with Crippen molar-refractivity contribution in [2.45, 2.75) is 31.7 Å². The smallest absolute Gasteiger partial charge is 0.262 e. The number of nitrogens with zero attached hydrogens (tertiary/aromatic N) is 1. The number of hydrogen-bond acceptors (Lipinski definition) is 3. The average Bonchev–Trinajstić information content (AvgIpc) is 2.47. The molecule has 0 aliphatic heterocycles. The van der Waals surface area contributed by atoms with Crippen LogP contribution in [0.3, 0.4) is 0 Å². The number of rotatable bonds is 2. The highest BCUT2D eigenvalue weighted by molar-refractivity contribution is 7.71. The molecule has 0 unspecified atom stereocenters. The molecule has 0 bridgehead atoms. The van der Waals surface area contributed by atoms with Crippen molar-refractivity contribution in [2.24, 2.45) is 11.7 Å². The second-order valence-electron chi connectivity index (χ2n) is 5.57. The first-order chi connectivity index (χ1) is 10.1. The van der Waals surface area contributed by atoms with E-state index in [9.17, 15) is 9.59 Å². The van der Waals surface area contributed by atoms with Gasteiger partial charge in [-0.15, -0.1) is 0 Å². The van der Waals surface area contributed by atoms with Crippen LogP contribution >= 0.6 is 12.2 Å². The number of nitrogens with one attached hydrogen (secondary N) is 1. The fraction of sp³-hybridized carbons (Fsp3) is 0.400. The van der Waals surface area contributed by atoms with E-state index in [1.54, 1.807) is 10.6 Å². The zero-order valence-corrected chi connectivity index (χ0v) is 12.4. The van der Waals surface area contributed by atoms with E-state index in [1.807, 2.05) is 18.2 Å². The monoisotopic (exact) mass is 303 g/mol. The number of carbonyl (C=O) groups excluding carboxylic acids is 1. The second-order valence-corrected chi connectivity index (χ2v) is 5.96. The second kappa shape index (κ2) is 5.44. The third kappa shape index (κ3) is 2.51. The highest BCUT2D eigenvalue weighted by Gasteiger charge is 2.28. The van der Waals surface area contributed by atoms with E-state index in [0.717, 1.165) is 24.8 Å². The van der Waals surface area contributed by atoms with Crippen molar-refractivity contribution in [1.29, 1.82) is 0 Å². The highest BCUT2D eigenvalue weighted by Crippen LogP contribution is 2.31. The summed E-state index contributed by atoms with van der Waals surface area (Å²) in [4.78, 5) is 27.2. The van der Waals surface area contributed by atoms with Crippen LogP contribution in [0.2, 0.25) is 0 Å². The standard InChI is InChI=1S/C15H17N3O2S/c16-13(19)9-4-3-5-10(8-9)18-14(20)11-6-1-2-7-12(11)17-15(18)21/h1-2,6-7,9-10H,3-5,8H2,(H2,16,19)(H,17,21)/t9-,10+/m1/s1. The Balaban J connectivity index is 2.10. The van der Waals surface area contributed by atoms with Crippen molar-refractivity contribution in [1.82, 2.24) is 9.55 Å². The van der Waals surface area contributed by atoms with Gasteiger partial charge in [-0.25, -0.2) is 0 Å². The van der Waals surface area contributed by atoms with E-state index in [1.165, 1.54) is 0 Å². The maximum Gasteiger partial charge on any atom is 0.262 e. The van der Waals surface area contributed by atoms with Crippen LogP contribution < -0.4 is 11.3 Å².